The molecule has 0 aliphatic carbocycles. The van der Waals surface area contributed by atoms with Crippen molar-refractivity contribution in [1.29, 1.82) is 0 Å². The Morgan fingerprint density at radius 1 is 1.53 bits per heavy atom. The highest BCUT2D eigenvalue weighted by atomic mass is 16.5. The van der Waals surface area contributed by atoms with Crippen LogP contribution in [-0.2, 0) is 4.74 Å². The minimum atomic E-state index is -0.489. The standard InChI is InChI=1S/C9H16N4O2/c1-4-15-9(14)8-7(11-13-12-8)6(10)5(2)3/h5-6H,4,10H2,1-3H3,(H,11,12,13). The first-order valence-electron chi connectivity index (χ1n) is 4.91. The highest BCUT2D eigenvalue weighted by Gasteiger charge is 2.24. The molecule has 1 heterocycles. The summed E-state index contributed by atoms with van der Waals surface area (Å²) in [4.78, 5) is 11.5. The first-order valence-corrected chi connectivity index (χ1v) is 4.91. The smallest absolute Gasteiger partial charge is 0.360 e. The molecule has 6 nitrogen and oxygen atoms in total. The predicted molar refractivity (Wildman–Crippen MR) is 54.1 cm³/mol. The van der Waals surface area contributed by atoms with Crippen LogP contribution in [0.3, 0.4) is 0 Å². The first kappa shape index (κ1) is 11.6. The highest BCUT2D eigenvalue weighted by molar-refractivity contribution is 5.88. The Morgan fingerprint density at radius 3 is 2.73 bits per heavy atom. The van der Waals surface area contributed by atoms with Crippen LogP contribution in [0, 0.1) is 5.92 Å². The third-order valence-electron chi connectivity index (χ3n) is 2.08. The van der Waals surface area contributed by atoms with Crippen molar-refractivity contribution in [2.75, 3.05) is 6.61 Å². The fourth-order valence-electron chi connectivity index (χ4n) is 1.14. The van der Waals surface area contributed by atoms with Crippen LogP contribution >= 0.6 is 0 Å². The fraction of sp³-hybridized carbons (Fsp3) is 0.667. The zero-order valence-electron chi connectivity index (χ0n) is 9.15. The number of carbonyl (C=O) groups excluding carboxylic acids is 1. The van der Waals surface area contributed by atoms with Gasteiger partial charge in [0, 0.05) is 0 Å². The van der Waals surface area contributed by atoms with Crippen LogP contribution in [-0.4, -0.2) is 28.0 Å². The topological polar surface area (TPSA) is 93.9 Å². The van der Waals surface area contributed by atoms with E-state index in [2.05, 4.69) is 15.4 Å². The number of rotatable bonds is 4. The van der Waals surface area contributed by atoms with E-state index in [1.165, 1.54) is 0 Å². The molecule has 1 aromatic rings. The van der Waals surface area contributed by atoms with Gasteiger partial charge < -0.3 is 10.5 Å². The molecule has 1 rings (SSSR count). The van der Waals surface area contributed by atoms with Gasteiger partial charge in [0.1, 0.15) is 5.69 Å². The molecule has 0 aliphatic rings. The summed E-state index contributed by atoms with van der Waals surface area (Å²) < 4.78 is 4.84. The number of nitrogens with two attached hydrogens (primary N) is 1. The Morgan fingerprint density at radius 2 is 2.20 bits per heavy atom. The molecule has 1 unspecified atom stereocenters. The van der Waals surface area contributed by atoms with Gasteiger partial charge in [0.15, 0.2) is 5.69 Å². The van der Waals surface area contributed by atoms with Crippen molar-refractivity contribution in [3.63, 3.8) is 0 Å². The summed E-state index contributed by atoms with van der Waals surface area (Å²) >= 11 is 0. The zero-order chi connectivity index (χ0) is 11.4. The van der Waals surface area contributed by atoms with Gasteiger partial charge in [0.25, 0.3) is 0 Å². The zero-order valence-corrected chi connectivity index (χ0v) is 9.15. The monoisotopic (exact) mass is 212 g/mol. The van der Waals surface area contributed by atoms with Crippen molar-refractivity contribution in [1.82, 2.24) is 15.4 Å². The van der Waals surface area contributed by atoms with E-state index in [9.17, 15) is 4.79 Å². The number of aromatic nitrogens is 3. The lowest BCUT2D eigenvalue weighted by Crippen LogP contribution is -2.21. The van der Waals surface area contributed by atoms with Crippen molar-refractivity contribution in [3.05, 3.63) is 11.4 Å². The number of ether oxygens (including phenoxy) is 1. The lowest BCUT2D eigenvalue weighted by atomic mass is 10.0. The molecule has 0 spiro atoms. The summed E-state index contributed by atoms with van der Waals surface area (Å²) in [6.07, 6.45) is 0. The minimum absolute atomic E-state index is 0.179. The van der Waals surface area contributed by atoms with Gasteiger partial charge in [-0.1, -0.05) is 13.8 Å². The molecule has 1 aromatic heterocycles. The van der Waals surface area contributed by atoms with Gasteiger partial charge in [-0.3, -0.25) is 0 Å². The van der Waals surface area contributed by atoms with Crippen LogP contribution in [0.2, 0.25) is 0 Å². The quantitative estimate of drug-likeness (QED) is 0.714. The minimum Gasteiger partial charge on any atom is -0.461 e. The van der Waals surface area contributed by atoms with Gasteiger partial charge in [-0.15, -0.1) is 5.10 Å². The van der Waals surface area contributed by atoms with E-state index in [1.807, 2.05) is 13.8 Å². The Balaban J connectivity index is 2.91. The number of nitrogens with zero attached hydrogens (tertiary/aromatic N) is 2. The van der Waals surface area contributed by atoms with E-state index in [0.717, 1.165) is 0 Å². The van der Waals surface area contributed by atoms with E-state index < -0.39 is 5.97 Å². The molecule has 0 fully saturated rings. The van der Waals surface area contributed by atoms with Crippen molar-refractivity contribution < 1.29 is 9.53 Å². The molecular formula is C9H16N4O2. The second-order valence-corrected chi connectivity index (χ2v) is 3.55. The summed E-state index contributed by atoms with van der Waals surface area (Å²) in [6, 6.07) is -0.317. The molecule has 0 aliphatic heterocycles. The SMILES string of the molecule is CCOC(=O)c1n[nH]nc1C(N)C(C)C. The number of nitrogens with one attached hydrogen (secondary N) is 1. The summed E-state index contributed by atoms with van der Waals surface area (Å²) in [7, 11) is 0. The Bertz CT molecular complexity index is 335. The maximum absolute atomic E-state index is 11.5. The van der Waals surface area contributed by atoms with Crippen molar-refractivity contribution >= 4 is 5.97 Å². The van der Waals surface area contributed by atoms with Gasteiger partial charge in [0.2, 0.25) is 0 Å². The predicted octanol–water partition coefficient (Wildman–Crippen LogP) is 0.637. The molecular weight excluding hydrogens is 196 g/mol. The molecule has 0 bridgehead atoms. The molecule has 0 saturated heterocycles. The van der Waals surface area contributed by atoms with Gasteiger partial charge in [0.05, 0.1) is 12.6 Å². The van der Waals surface area contributed by atoms with E-state index in [4.69, 9.17) is 10.5 Å². The average molecular weight is 212 g/mol. The van der Waals surface area contributed by atoms with Crippen LogP contribution in [0.4, 0.5) is 0 Å². The second kappa shape index (κ2) is 4.88. The molecule has 84 valence electrons. The van der Waals surface area contributed by atoms with Crippen LogP contribution < -0.4 is 5.73 Å². The van der Waals surface area contributed by atoms with Gasteiger partial charge in [-0.2, -0.15) is 10.3 Å². The molecule has 0 aromatic carbocycles. The van der Waals surface area contributed by atoms with Crippen molar-refractivity contribution in [2.24, 2.45) is 11.7 Å². The van der Waals surface area contributed by atoms with Crippen molar-refractivity contribution in [3.8, 4) is 0 Å². The Hall–Kier alpha value is -1.43. The van der Waals surface area contributed by atoms with E-state index in [-0.39, 0.29) is 17.7 Å². The fourth-order valence-corrected chi connectivity index (χ4v) is 1.14. The molecule has 0 amide bonds. The molecule has 3 N–H and O–H groups in total. The number of hydrogen-bond acceptors (Lipinski definition) is 5. The first-order chi connectivity index (χ1) is 7.07. The lowest BCUT2D eigenvalue weighted by molar-refractivity contribution is 0.0517. The van der Waals surface area contributed by atoms with Crippen molar-refractivity contribution in [2.45, 2.75) is 26.8 Å². The number of esters is 1. The van der Waals surface area contributed by atoms with Gasteiger partial charge in [-0.25, -0.2) is 4.79 Å². The molecule has 1 atom stereocenters. The van der Waals surface area contributed by atoms with Crippen LogP contribution in [0.15, 0.2) is 0 Å². The van der Waals surface area contributed by atoms with Gasteiger partial charge >= 0.3 is 5.97 Å². The molecule has 0 saturated carbocycles. The largest absolute Gasteiger partial charge is 0.461 e. The van der Waals surface area contributed by atoms with Crippen LogP contribution in [0.25, 0.3) is 0 Å². The highest BCUT2D eigenvalue weighted by Crippen LogP contribution is 2.19. The maximum Gasteiger partial charge on any atom is 0.360 e. The number of hydrogen-bond donors (Lipinski definition) is 2. The summed E-state index contributed by atoms with van der Waals surface area (Å²) in [6.45, 7) is 5.95. The third-order valence-corrected chi connectivity index (χ3v) is 2.08. The van der Waals surface area contributed by atoms with Crippen LogP contribution in [0.1, 0.15) is 43.0 Å². The normalized spacial score (nSPS) is 12.9. The summed E-state index contributed by atoms with van der Waals surface area (Å²) in [5, 5.41) is 10.0. The Labute approximate surface area is 88.2 Å². The average Bonchev–Trinajstić information content (AvgIpc) is 2.65. The lowest BCUT2D eigenvalue weighted by Gasteiger charge is -2.13. The Kier molecular flexibility index (Phi) is 3.79. The summed E-state index contributed by atoms with van der Waals surface area (Å²) in [5.41, 5.74) is 6.53. The number of H-pyrrole nitrogens is 1. The van der Waals surface area contributed by atoms with Crippen LogP contribution in [0.5, 0.6) is 0 Å². The molecule has 0 radical (unpaired) electrons. The van der Waals surface area contributed by atoms with Gasteiger partial charge in [-0.05, 0) is 12.8 Å². The van der Waals surface area contributed by atoms with E-state index >= 15 is 0 Å². The number of aromatic amines is 1. The molecule has 15 heavy (non-hydrogen) atoms. The van der Waals surface area contributed by atoms with E-state index in [1.54, 1.807) is 6.92 Å². The maximum atomic E-state index is 11.5. The third kappa shape index (κ3) is 2.53. The molecule has 6 heteroatoms. The summed E-state index contributed by atoms with van der Waals surface area (Å²) in [5.74, 6) is -0.305. The van der Waals surface area contributed by atoms with E-state index in [0.29, 0.717) is 12.3 Å². The second-order valence-electron chi connectivity index (χ2n) is 3.55. The number of carbonyl (C=O) groups is 1.